The van der Waals surface area contributed by atoms with Crippen molar-refractivity contribution in [2.24, 2.45) is 0 Å². The molecule has 4 aromatic carbocycles. The number of hydrogen-bond acceptors (Lipinski definition) is 5. The molecule has 0 saturated carbocycles. The van der Waals surface area contributed by atoms with Gasteiger partial charge in [0.1, 0.15) is 0 Å². The fourth-order valence-corrected chi connectivity index (χ4v) is 10.3. The number of hydrogen-bond donors (Lipinski definition) is 0. The summed E-state index contributed by atoms with van der Waals surface area (Å²) in [5.41, 5.74) is 0.828. The van der Waals surface area contributed by atoms with Gasteiger partial charge in [0, 0.05) is 0 Å². The molecule has 0 bridgehead atoms. The average Bonchev–Trinajstić information content (AvgIpc) is 3.01. The van der Waals surface area contributed by atoms with E-state index >= 15 is 0 Å². The first-order valence-electron chi connectivity index (χ1n) is 13.4. The fraction of sp³-hybridized carbons (Fsp3) is 0.147. The SMILES string of the molecule is CC1=C(OCC(=O)OCCC[PH](c2ccccc2)(c2ccccc2)c2ccccc2)C(=O)c2ccccc2C1=O. The average molecular weight is 551 g/mol. The summed E-state index contributed by atoms with van der Waals surface area (Å²) in [6.45, 7) is 1.32. The molecule has 5 nitrogen and oxygen atoms in total. The third-order valence-electron chi connectivity index (χ3n) is 7.40. The molecule has 0 heterocycles. The molecule has 5 rings (SSSR count). The predicted molar refractivity (Wildman–Crippen MR) is 161 cm³/mol. The van der Waals surface area contributed by atoms with Crippen molar-refractivity contribution in [3.63, 3.8) is 0 Å². The molecule has 1 aliphatic carbocycles. The van der Waals surface area contributed by atoms with Gasteiger partial charge in [-0.25, -0.2) is 0 Å². The van der Waals surface area contributed by atoms with Crippen LogP contribution in [-0.2, 0) is 14.3 Å². The van der Waals surface area contributed by atoms with Crippen molar-refractivity contribution < 1.29 is 23.9 Å². The minimum absolute atomic E-state index is 0.0932. The van der Waals surface area contributed by atoms with E-state index in [1.807, 2.05) is 18.2 Å². The Balaban J connectivity index is 1.28. The van der Waals surface area contributed by atoms with Crippen LogP contribution in [0.3, 0.4) is 0 Å². The van der Waals surface area contributed by atoms with Gasteiger partial charge in [0.25, 0.3) is 0 Å². The van der Waals surface area contributed by atoms with Gasteiger partial charge in [-0.15, -0.1) is 0 Å². The van der Waals surface area contributed by atoms with E-state index in [0.717, 1.165) is 6.16 Å². The van der Waals surface area contributed by atoms with Gasteiger partial charge in [-0.1, -0.05) is 6.07 Å². The molecule has 0 radical (unpaired) electrons. The van der Waals surface area contributed by atoms with Crippen LogP contribution >= 0.6 is 7.26 Å². The van der Waals surface area contributed by atoms with E-state index in [-0.39, 0.29) is 29.3 Å². The fourth-order valence-electron chi connectivity index (χ4n) is 5.45. The predicted octanol–water partition coefficient (Wildman–Crippen LogP) is 5.02. The first-order valence-corrected chi connectivity index (χ1v) is 15.6. The number of carbonyl (C=O) groups is 3. The van der Waals surface area contributed by atoms with Gasteiger partial charge in [0.2, 0.25) is 0 Å². The molecule has 1 aliphatic rings. The molecule has 6 heteroatoms. The second-order valence-corrected chi connectivity index (χ2v) is 13.8. The summed E-state index contributed by atoms with van der Waals surface area (Å²) < 4.78 is 11.1. The minimum atomic E-state index is -2.41. The number of benzene rings is 4. The van der Waals surface area contributed by atoms with E-state index in [9.17, 15) is 14.4 Å². The van der Waals surface area contributed by atoms with Crippen LogP contribution in [-0.4, -0.2) is 36.9 Å². The molecule has 0 unspecified atom stereocenters. The summed E-state index contributed by atoms with van der Waals surface area (Å²) in [7, 11) is -2.41. The second kappa shape index (κ2) is 12.2. The number of ketones is 2. The quantitative estimate of drug-likeness (QED) is 0.158. The Kier molecular flexibility index (Phi) is 8.33. The van der Waals surface area contributed by atoms with Crippen molar-refractivity contribution in [3.05, 3.63) is 138 Å². The maximum absolute atomic E-state index is 12.9. The van der Waals surface area contributed by atoms with Crippen LogP contribution in [0.1, 0.15) is 34.1 Å². The number of esters is 1. The molecule has 0 saturated heterocycles. The Morgan fingerprint density at radius 3 is 1.60 bits per heavy atom. The molecule has 0 aliphatic heterocycles. The van der Waals surface area contributed by atoms with Crippen molar-refractivity contribution in [2.45, 2.75) is 13.3 Å². The maximum atomic E-state index is 12.9. The van der Waals surface area contributed by atoms with Gasteiger partial charge in [0.15, 0.2) is 0 Å². The molecule has 40 heavy (non-hydrogen) atoms. The first kappa shape index (κ1) is 27.2. The molecule has 0 N–H and O–H groups in total. The molecular formula is C34H31O5P. The molecular weight excluding hydrogens is 519 g/mol. The summed E-state index contributed by atoms with van der Waals surface area (Å²) in [6.07, 6.45) is 1.50. The topological polar surface area (TPSA) is 69.7 Å². The van der Waals surface area contributed by atoms with Crippen LogP contribution in [0.5, 0.6) is 0 Å². The van der Waals surface area contributed by atoms with Crippen LogP contribution < -0.4 is 15.9 Å². The number of allylic oxidation sites excluding steroid dienone is 2. The zero-order chi connectivity index (χ0) is 28.0. The molecule has 202 valence electrons. The molecule has 0 atom stereocenters. The van der Waals surface area contributed by atoms with E-state index in [2.05, 4.69) is 72.8 Å². The summed E-state index contributed by atoms with van der Waals surface area (Å²) >= 11 is 0. The van der Waals surface area contributed by atoms with Crippen LogP contribution in [0.4, 0.5) is 0 Å². The molecule has 0 aromatic heterocycles. The van der Waals surface area contributed by atoms with Crippen LogP contribution in [0.15, 0.2) is 127 Å². The van der Waals surface area contributed by atoms with Crippen LogP contribution in [0, 0.1) is 0 Å². The zero-order valence-electron chi connectivity index (χ0n) is 22.3. The first-order chi connectivity index (χ1) is 19.5. The van der Waals surface area contributed by atoms with Gasteiger partial charge >= 0.3 is 229 Å². The van der Waals surface area contributed by atoms with Gasteiger partial charge in [-0.05, 0) is 0 Å². The monoisotopic (exact) mass is 550 g/mol. The summed E-state index contributed by atoms with van der Waals surface area (Å²) in [5, 5.41) is 3.89. The number of Topliss-reactive ketones (excluding diaryl/α,β-unsaturated/α-hetero) is 2. The van der Waals surface area contributed by atoms with E-state index in [0.29, 0.717) is 12.0 Å². The third-order valence-corrected chi connectivity index (χ3v) is 12.5. The Bertz CT molecular complexity index is 1450. The summed E-state index contributed by atoms with van der Waals surface area (Å²) in [6, 6.07) is 38.3. The molecule has 0 amide bonds. The zero-order valence-corrected chi connectivity index (χ0v) is 23.3. The van der Waals surface area contributed by atoms with Crippen molar-refractivity contribution >= 4 is 40.7 Å². The Morgan fingerprint density at radius 2 is 1.10 bits per heavy atom. The number of fused-ring (bicyclic) bond motifs is 1. The molecule has 0 spiro atoms. The molecule has 4 aromatic rings. The Labute approximate surface area is 234 Å². The van der Waals surface area contributed by atoms with Crippen molar-refractivity contribution in [1.82, 2.24) is 0 Å². The van der Waals surface area contributed by atoms with Crippen LogP contribution in [0.25, 0.3) is 0 Å². The third kappa shape index (κ3) is 5.38. The van der Waals surface area contributed by atoms with Gasteiger partial charge in [-0.2, -0.15) is 0 Å². The second-order valence-electron chi connectivity index (χ2n) is 9.77. The molecule has 0 fully saturated rings. The van der Waals surface area contributed by atoms with Gasteiger partial charge in [-0.3, -0.25) is 0 Å². The van der Waals surface area contributed by atoms with Crippen molar-refractivity contribution in [1.29, 1.82) is 0 Å². The van der Waals surface area contributed by atoms with Crippen molar-refractivity contribution in [3.8, 4) is 0 Å². The van der Waals surface area contributed by atoms with Crippen LogP contribution in [0.2, 0.25) is 0 Å². The number of carbonyl (C=O) groups excluding carboxylic acids is 3. The number of rotatable bonds is 10. The van der Waals surface area contributed by atoms with Crippen molar-refractivity contribution in [2.75, 3.05) is 19.4 Å². The number of ether oxygens (including phenoxy) is 2. The van der Waals surface area contributed by atoms with Gasteiger partial charge in [0.05, 0.1) is 0 Å². The van der Waals surface area contributed by atoms with E-state index < -0.39 is 25.6 Å². The Hall–Kier alpha value is -4.34. The van der Waals surface area contributed by atoms with E-state index in [1.54, 1.807) is 24.3 Å². The van der Waals surface area contributed by atoms with E-state index in [4.69, 9.17) is 9.47 Å². The van der Waals surface area contributed by atoms with E-state index in [1.165, 1.54) is 22.8 Å². The standard InChI is InChI=1S/C34H31O5P/c1-25-32(36)29-20-11-12-21-30(29)33(37)34(25)39-24-31(35)38-22-13-23-40(26-14-5-2-6-15-26,27-16-7-3-8-17-27)28-18-9-4-10-19-28/h2-12,14-21,40H,13,22-24H2,1H3. The normalized spacial score (nSPS) is 13.5. The Morgan fingerprint density at radius 1 is 0.650 bits per heavy atom. The summed E-state index contributed by atoms with van der Waals surface area (Å²) in [5.74, 6) is -1.34. The van der Waals surface area contributed by atoms with Gasteiger partial charge < -0.3 is 0 Å². The summed E-state index contributed by atoms with van der Waals surface area (Å²) in [4.78, 5) is 38.2.